The molecule has 4 rings (SSSR count). The van der Waals surface area contributed by atoms with Gasteiger partial charge in [-0.2, -0.15) is 4.57 Å². The van der Waals surface area contributed by atoms with E-state index in [2.05, 4.69) is 70.7 Å². The summed E-state index contributed by atoms with van der Waals surface area (Å²) in [6.07, 6.45) is 3.92. The van der Waals surface area contributed by atoms with Crippen LogP contribution in [0.3, 0.4) is 0 Å². The van der Waals surface area contributed by atoms with Crippen LogP contribution in [-0.4, -0.2) is 9.55 Å². The van der Waals surface area contributed by atoms with Crippen LogP contribution in [-0.2, 0) is 7.05 Å². The molecule has 0 amide bonds. The van der Waals surface area contributed by atoms with Gasteiger partial charge >= 0.3 is 0 Å². The molecule has 0 saturated carbocycles. The molecule has 0 radical (unpaired) electrons. The van der Waals surface area contributed by atoms with Crippen LogP contribution in [0.2, 0.25) is 0 Å². The first-order valence-corrected chi connectivity index (χ1v) is 7.07. The van der Waals surface area contributed by atoms with Crippen LogP contribution in [0.15, 0.2) is 60.9 Å². The number of hydrogen-bond acceptors (Lipinski definition) is 1. The van der Waals surface area contributed by atoms with Crippen LogP contribution < -0.4 is 4.57 Å². The van der Waals surface area contributed by atoms with Crippen molar-refractivity contribution < 1.29 is 4.57 Å². The molecule has 0 aliphatic heterocycles. The minimum absolute atomic E-state index is 1.00. The number of aromatic nitrogens is 3. The molecule has 0 unspecified atom stereocenters. The first-order chi connectivity index (χ1) is 10.3. The normalized spacial score (nSPS) is 11.3. The minimum atomic E-state index is 1.00. The van der Waals surface area contributed by atoms with Gasteiger partial charge in [0.2, 0.25) is 5.65 Å². The summed E-state index contributed by atoms with van der Waals surface area (Å²) in [5, 5.41) is 2.45. The third-order valence-corrected chi connectivity index (χ3v) is 4.01. The zero-order valence-corrected chi connectivity index (χ0v) is 12.1. The van der Waals surface area contributed by atoms with Crippen LogP contribution in [0.1, 0.15) is 5.56 Å². The van der Waals surface area contributed by atoms with Gasteiger partial charge in [0.15, 0.2) is 0 Å². The number of rotatable bonds is 1. The van der Waals surface area contributed by atoms with Crippen LogP contribution in [0.4, 0.5) is 0 Å². The highest BCUT2D eigenvalue weighted by Crippen LogP contribution is 2.31. The Hall–Kier alpha value is -2.68. The molecule has 3 heteroatoms. The molecule has 1 aromatic carbocycles. The highest BCUT2D eigenvalue weighted by atomic mass is 15.2. The Balaban J connectivity index is 2.28. The number of benzene rings is 1. The quantitative estimate of drug-likeness (QED) is 0.488. The van der Waals surface area contributed by atoms with Gasteiger partial charge in [-0.3, -0.25) is 0 Å². The predicted molar refractivity (Wildman–Crippen MR) is 84.5 cm³/mol. The van der Waals surface area contributed by atoms with Crippen molar-refractivity contribution in [1.29, 1.82) is 0 Å². The smallest absolute Gasteiger partial charge is 0.237 e. The van der Waals surface area contributed by atoms with Crippen LogP contribution in [0.25, 0.3) is 27.8 Å². The Morgan fingerprint density at radius 1 is 0.952 bits per heavy atom. The second-order valence-corrected chi connectivity index (χ2v) is 5.35. The molecule has 0 aliphatic rings. The van der Waals surface area contributed by atoms with Crippen LogP contribution >= 0.6 is 0 Å². The molecule has 3 nitrogen and oxygen atoms in total. The third kappa shape index (κ3) is 1.67. The van der Waals surface area contributed by atoms with Gasteiger partial charge in [-0.1, -0.05) is 18.2 Å². The van der Waals surface area contributed by atoms with Gasteiger partial charge in [0, 0.05) is 17.6 Å². The Morgan fingerprint density at radius 2 is 1.81 bits per heavy atom. The van der Waals surface area contributed by atoms with E-state index in [0.29, 0.717) is 0 Å². The maximum absolute atomic E-state index is 4.63. The summed E-state index contributed by atoms with van der Waals surface area (Å²) >= 11 is 0. The van der Waals surface area contributed by atoms with E-state index >= 15 is 0 Å². The SMILES string of the molecule is Cc1cccc2c3cccnc3n(-c3cccc[n+]3C)c12. The standard InChI is InChI=1S/C18H16N3/c1-13-7-5-8-14-15-9-6-11-19-18(15)21(17(13)14)16-10-3-4-12-20(16)2/h3-12H,1-2H3/q+1. The number of aryl methyl sites for hydroxylation is 2. The first kappa shape index (κ1) is 12.1. The average Bonchev–Trinajstić information content (AvgIpc) is 2.84. The molecule has 0 atom stereocenters. The van der Waals surface area contributed by atoms with Crippen molar-refractivity contribution in [3.8, 4) is 5.82 Å². The number of pyridine rings is 2. The Kier molecular flexibility index (Phi) is 2.54. The molecule has 3 heterocycles. The lowest BCUT2D eigenvalue weighted by molar-refractivity contribution is -0.665. The number of fused-ring (bicyclic) bond motifs is 3. The van der Waals surface area contributed by atoms with Gasteiger partial charge in [0.25, 0.3) is 5.82 Å². The predicted octanol–water partition coefficient (Wildman–Crippen LogP) is 3.31. The maximum Gasteiger partial charge on any atom is 0.287 e. The fraction of sp³-hybridized carbons (Fsp3) is 0.111. The van der Waals surface area contributed by atoms with E-state index in [4.69, 9.17) is 0 Å². The molecule has 0 fully saturated rings. The minimum Gasteiger partial charge on any atom is -0.237 e. The summed E-state index contributed by atoms with van der Waals surface area (Å²) in [7, 11) is 2.06. The summed E-state index contributed by atoms with van der Waals surface area (Å²) in [6.45, 7) is 2.15. The van der Waals surface area contributed by atoms with Crippen molar-refractivity contribution in [3.05, 3.63) is 66.5 Å². The average molecular weight is 274 g/mol. The third-order valence-electron chi connectivity index (χ3n) is 4.01. The summed E-state index contributed by atoms with van der Waals surface area (Å²) < 4.78 is 4.38. The molecule has 0 saturated heterocycles. The zero-order valence-electron chi connectivity index (χ0n) is 12.1. The highest BCUT2D eigenvalue weighted by molar-refractivity contribution is 6.08. The molecule has 0 N–H and O–H groups in total. The number of nitrogens with zero attached hydrogens (tertiary/aromatic N) is 3. The largest absolute Gasteiger partial charge is 0.287 e. The summed E-state index contributed by atoms with van der Waals surface area (Å²) in [6, 6.07) is 16.8. The van der Waals surface area contributed by atoms with Gasteiger partial charge in [-0.25, -0.2) is 9.55 Å². The molecule has 21 heavy (non-hydrogen) atoms. The molecule has 3 aromatic heterocycles. The van der Waals surface area contributed by atoms with E-state index in [1.807, 2.05) is 18.3 Å². The molecular formula is C18H16N3+. The molecule has 0 spiro atoms. The lowest BCUT2D eigenvalue weighted by Gasteiger charge is -2.03. The van der Waals surface area contributed by atoms with Gasteiger partial charge in [0.05, 0.1) is 18.6 Å². The van der Waals surface area contributed by atoms with E-state index in [9.17, 15) is 0 Å². The van der Waals surface area contributed by atoms with Crippen molar-refractivity contribution >= 4 is 21.9 Å². The fourth-order valence-electron chi connectivity index (χ4n) is 3.03. The summed E-state index contributed by atoms with van der Waals surface area (Å²) in [5.74, 6) is 1.12. The molecule has 4 aromatic rings. The lowest BCUT2D eigenvalue weighted by Crippen LogP contribution is -2.33. The van der Waals surface area contributed by atoms with E-state index in [-0.39, 0.29) is 0 Å². The van der Waals surface area contributed by atoms with Gasteiger partial charge < -0.3 is 0 Å². The second-order valence-electron chi connectivity index (χ2n) is 5.35. The Labute approximate surface area is 123 Å². The summed E-state index contributed by atoms with van der Waals surface area (Å²) in [4.78, 5) is 4.63. The Bertz CT molecular complexity index is 967. The van der Waals surface area contributed by atoms with Crippen molar-refractivity contribution in [1.82, 2.24) is 9.55 Å². The van der Waals surface area contributed by atoms with Crippen LogP contribution in [0, 0.1) is 6.92 Å². The molecule has 0 aliphatic carbocycles. The van der Waals surface area contributed by atoms with Crippen molar-refractivity contribution in [2.75, 3.05) is 0 Å². The number of para-hydroxylation sites is 1. The number of hydrogen-bond donors (Lipinski definition) is 0. The van der Waals surface area contributed by atoms with E-state index in [1.54, 1.807) is 0 Å². The van der Waals surface area contributed by atoms with E-state index < -0.39 is 0 Å². The molecular weight excluding hydrogens is 258 g/mol. The monoisotopic (exact) mass is 274 g/mol. The van der Waals surface area contributed by atoms with Crippen LogP contribution in [0.5, 0.6) is 0 Å². The van der Waals surface area contributed by atoms with Crippen molar-refractivity contribution in [2.24, 2.45) is 7.05 Å². The molecule has 102 valence electrons. The van der Waals surface area contributed by atoms with Gasteiger partial charge in [-0.15, -0.1) is 0 Å². The van der Waals surface area contributed by atoms with E-state index in [1.165, 1.54) is 21.9 Å². The van der Waals surface area contributed by atoms with Gasteiger partial charge in [-0.05, 0) is 36.8 Å². The first-order valence-electron chi connectivity index (χ1n) is 7.07. The van der Waals surface area contributed by atoms with Crippen molar-refractivity contribution in [2.45, 2.75) is 6.92 Å². The maximum atomic E-state index is 4.63. The topological polar surface area (TPSA) is 21.7 Å². The van der Waals surface area contributed by atoms with Gasteiger partial charge in [0.1, 0.15) is 5.52 Å². The lowest BCUT2D eigenvalue weighted by atomic mass is 10.1. The Morgan fingerprint density at radius 3 is 2.67 bits per heavy atom. The highest BCUT2D eigenvalue weighted by Gasteiger charge is 2.22. The zero-order chi connectivity index (χ0) is 14.4. The fourth-order valence-corrected chi connectivity index (χ4v) is 3.03. The second kappa shape index (κ2) is 4.42. The summed E-state index contributed by atoms with van der Waals surface area (Å²) in [5.41, 5.74) is 3.49. The van der Waals surface area contributed by atoms with E-state index in [0.717, 1.165) is 11.5 Å². The molecule has 0 bridgehead atoms. The van der Waals surface area contributed by atoms with Crippen molar-refractivity contribution in [3.63, 3.8) is 0 Å².